The number of nitrogens with zero attached hydrogens (tertiary/aromatic N) is 1. The van der Waals surface area contributed by atoms with E-state index in [0.29, 0.717) is 0 Å². The lowest BCUT2D eigenvalue weighted by Gasteiger charge is -2.38. The van der Waals surface area contributed by atoms with Crippen LogP contribution in [0.5, 0.6) is 34.5 Å². The Labute approximate surface area is 229 Å². The van der Waals surface area contributed by atoms with E-state index < -0.39 is 0 Å². The molecular weight excluding hydrogens is 484 g/mol. The highest BCUT2D eigenvalue weighted by Crippen LogP contribution is 2.54. The predicted molar refractivity (Wildman–Crippen MR) is 152 cm³/mol. The van der Waals surface area contributed by atoms with Crippen LogP contribution in [0, 0.1) is 6.92 Å². The normalized spacial score (nSPS) is 20.9. The number of hydrogen-bond donors (Lipinski definition) is 1. The molecule has 4 aromatic rings. The van der Waals surface area contributed by atoms with Crippen LogP contribution >= 0.6 is 0 Å². The van der Waals surface area contributed by atoms with Gasteiger partial charge < -0.3 is 19.5 Å². The SMILES string of the molecule is Cc1cc2c3c4c1Oc1cc5c(cc1O4)C(Cc1cccc(c1)Oc1ccc(cc1)CC3N(C)CC2)NCC5. The largest absolute Gasteiger partial charge is 0.457 e. The Morgan fingerprint density at radius 2 is 1.62 bits per heavy atom. The molecule has 0 aromatic heterocycles. The van der Waals surface area contributed by atoms with Gasteiger partial charge in [-0.25, -0.2) is 0 Å². The summed E-state index contributed by atoms with van der Waals surface area (Å²) < 4.78 is 19.8. The van der Waals surface area contributed by atoms with Crippen LogP contribution in [0.15, 0.2) is 66.7 Å². The van der Waals surface area contributed by atoms with Crippen molar-refractivity contribution in [1.29, 1.82) is 0 Å². The molecule has 7 bridgehead atoms. The summed E-state index contributed by atoms with van der Waals surface area (Å²) >= 11 is 0. The summed E-state index contributed by atoms with van der Waals surface area (Å²) in [5.74, 6) is 5.12. The summed E-state index contributed by atoms with van der Waals surface area (Å²) in [6, 6.07) is 24.2. The molecule has 196 valence electrons. The molecule has 5 heteroatoms. The lowest BCUT2D eigenvalue weighted by molar-refractivity contribution is 0.221. The van der Waals surface area contributed by atoms with Crippen molar-refractivity contribution < 1.29 is 14.2 Å². The minimum Gasteiger partial charge on any atom is -0.457 e. The molecule has 1 N–H and O–H groups in total. The summed E-state index contributed by atoms with van der Waals surface area (Å²) in [7, 11) is 2.22. The van der Waals surface area contributed by atoms with Gasteiger partial charge in [-0.15, -0.1) is 0 Å². The number of ether oxygens (including phenoxy) is 3. The second-order valence-corrected chi connectivity index (χ2v) is 11.4. The molecule has 5 heterocycles. The number of aryl methyl sites for hydroxylation is 1. The first-order valence-electron chi connectivity index (χ1n) is 14.1. The van der Waals surface area contributed by atoms with E-state index in [1.165, 1.54) is 33.4 Å². The van der Waals surface area contributed by atoms with Gasteiger partial charge >= 0.3 is 0 Å². The van der Waals surface area contributed by atoms with E-state index in [1.54, 1.807) is 0 Å². The first-order chi connectivity index (χ1) is 19.1. The molecule has 4 aromatic carbocycles. The minimum absolute atomic E-state index is 0.197. The second-order valence-electron chi connectivity index (χ2n) is 11.4. The summed E-state index contributed by atoms with van der Waals surface area (Å²) in [5.41, 5.74) is 8.91. The number of hydrogen-bond acceptors (Lipinski definition) is 5. The van der Waals surface area contributed by atoms with E-state index in [2.05, 4.69) is 84.9 Å². The third kappa shape index (κ3) is 3.91. The quantitative estimate of drug-likeness (QED) is 0.236. The van der Waals surface area contributed by atoms with Crippen LogP contribution in [-0.4, -0.2) is 25.0 Å². The van der Waals surface area contributed by atoms with Crippen molar-refractivity contribution in [2.24, 2.45) is 0 Å². The maximum atomic E-state index is 6.87. The molecule has 5 aliphatic heterocycles. The molecule has 0 amide bonds. The van der Waals surface area contributed by atoms with Gasteiger partial charge in [0.25, 0.3) is 0 Å². The number of nitrogens with one attached hydrogen (secondary N) is 1. The van der Waals surface area contributed by atoms with Crippen molar-refractivity contribution in [2.45, 2.75) is 44.7 Å². The zero-order valence-corrected chi connectivity index (χ0v) is 22.4. The first-order valence-corrected chi connectivity index (χ1v) is 14.1. The molecule has 0 aliphatic carbocycles. The molecule has 2 atom stereocenters. The van der Waals surface area contributed by atoms with Crippen LogP contribution in [-0.2, 0) is 25.7 Å². The fraction of sp³-hybridized carbons (Fsp3) is 0.294. The molecular formula is C34H32N2O3. The van der Waals surface area contributed by atoms with Crippen molar-refractivity contribution in [3.8, 4) is 34.5 Å². The molecule has 0 saturated heterocycles. The van der Waals surface area contributed by atoms with E-state index in [0.717, 1.165) is 78.8 Å². The second kappa shape index (κ2) is 8.87. The van der Waals surface area contributed by atoms with E-state index in [1.807, 2.05) is 6.07 Å². The van der Waals surface area contributed by atoms with Crippen LogP contribution in [0.4, 0.5) is 0 Å². The Kier molecular flexibility index (Phi) is 5.26. The average Bonchev–Trinajstić information content (AvgIpc) is 2.94. The molecule has 9 rings (SSSR count). The average molecular weight is 517 g/mol. The van der Waals surface area contributed by atoms with Gasteiger partial charge in [0.15, 0.2) is 23.0 Å². The highest BCUT2D eigenvalue weighted by molar-refractivity contribution is 5.65. The zero-order chi connectivity index (χ0) is 26.1. The molecule has 0 spiro atoms. The van der Waals surface area contributed by atoms with Gasteiger partial charge in [-0.2, -0.15) is 0 Å². The lowest BCUT2D eigenvalue weighted by Crippen LogP contribution is -2.34. The standard InChI is InChI=1S/C34H32N2O3/c1-20-14-24-11-13-36(2)29-17-21-6-8-25(9-7-21)37-26-5-3-4-22(15-26)16-28-27-19-31-30(18-23(27)10-12-35-28)38-33(20)34(39-31)32(24)29/h3-9,14-15,18-19,28-29,35H,10-13,16-17H2,1-2H3. The topological polar surface area (TPSA) is 43.0 Å². The van der Waals surface area contributed by atoms with Gasteiger partial charge in [0.2, 0.25) is 0 Å². The molecule has 39 heavy (non-hydrogen) atoms. The van der Waals surface area contributed by atoms with E-state index >= 15 is 0 Å². The van der Waals surface area contributed by atoms with Gasteiger partial charge in [-0.05, 0) is 116 Å². The smallest absolute Gasteiger partial charge is 0.175 e. The van der Waals surface area contributed by atoms with Gasteiger partial charge in [-0.1, -0.05) is 30.3 Å². The Morgan fingerprint density at radius 3 is 2.51 bits per heavy atom. The van der Waals surface area contributed by atoms with Crippen molar-refractivity contribution in [2.75, 3.05) is 20.1 Å². The Hall–Kier alpha value is -3.80. The summed E-state index contributed by atoms with van der Waals surface area (Å²) in [5, 5.41) is 3.75. The van der Waals surface area contributed by atoms with Crippen molar-refractivity contribution in [1.82, 2.24) is 10.2 Å². The van der Waals surface area contributed by atoms with Crippen LogP contribution in [0.1, 0.15) is 51.0 Å². The van der Waals surface area contributed by atoms with E-state index in [9.17, 15) is 0 Å². The van der Waals surface area contributed by atoms with Gasteiger partial charge in [0.1, 0.15) is 11.5 Å². The number of fused-ring (bicyclic) bond motifs is 2. The fourth-order valence-corrected chi connectivity index (χ4v) is 6.82. The van der Waals surface area contributed by atoms with Crippen molar-refractivity contribution in [3.05, 3.63) is 106 Å². The van der Waals surface area contributed by atoms with Crippen LogP contribution in [0.3, 0.4) is 0 Å². The Balaban J connectivity index is 1.32. The molecule has 5 aliphatic rings. The summed E-state index contributed by atoms with van der Waals surface area (Å²) in [6.07, 6.45) is 3.75. The Morgan fingerprint density at radius 1 is 0.769 bits per heavy atom. The third-order valence-corrected chi connectivity index (χ3v) is 8.86. The van der Waals surface area contributed by atoms with Crippen LogP contribution < -0.4 is 19.5 Å². The predicted octanol–water partition coefficient (Wildman–Crippen LogP) is 7.20. The van der Waals surface area contributed by atoms with Gasteiger partial charge in [-0.3, -0.25) is 4.90 Å². The number of likely N-dealkylation sites (N-methyl/N-ethyl adjacent to an activating group) is 1. The maximum absolute atomic E-state index is 6.87. The monoisotopic (exact) mass is 516 g/mol. The summed E-state index contributed by atoms with van der Waals surface area (Å²) in [6.45, 7) is 4.10. The molecule has 5 nitrogen and oxygen atoms in total. The minimum atomic E-state index is 0.197. The van der Waals surface area contributed by atoms with Gasteiger partial charge in [0.05, 0.1) is 0 Å². The molecule has 0 saturated carbocycles. The van der Waals surface area contributed by atoms with Crippen molar-refractivity contribution in [3.63, 3.8) is 0 Å². The van der Waals surface area contributed by atoms with Crippen LogP contribution in [0.25, 0.3) is 0 Å². The number of benzene rings is 4. The Bertz CT molecular complexity index is 1610. The summed E-state index contributed by atoms with van der Waals surface area (Å²) in [4.78, 5) is 2.46. The fourth-order valence-electron chi connectivity index (χ4n) is 6.82. The molecule has 0 radical (unpaired) electrons. The van der Waals surface area contributed by atoms with Crippen LogP contribution in [0.2, 0.25) is 0 Å². The van der Waals surface area contributed by atoms with Crippen molar-refractivity contribution >= 4 is 0 Å². The first kappa shape index (κ1) is 23.1. The highest BCUT2D eigenvalue weighted by Gasteiger charge is 2.35. The van der Waals surface area contributed by atoms with E-state index in [-0.39, 0.29) is 12.1 Å². The maximum Gasteiger partial charge on any atom is 0.175 e. The highest BCUT2D eigenvalue weighted by atomic mass is 16.6. The lowest BCUT2D eigenvalue weighted by atomic mass is 9.86. The zero-order valence-electron chi connectivity index (χ0n) is 22.4. The third-order valence-electron chi connectivity index (χ3n) is 8.86. The number of rotatable bonds is 0. The van der Waals surface area contributed by atoms with Gasteiger partial charge in [0, 0.05) is 24.2 Å². The molecule has 0 fully saturated rings. The van der Waals surface area contributed by atoms with E-state index in [4.69, 9.17) is 14.2 Å². The molecule has 2 unspecified atom stereocenters.